The van der Waals surface area contributed by atoms with Crippen molar-refractivity contribution in [3.8, 4) is 0 Å². The molecule has 0 amide bonds. The Bertz CT molecular complexity index is 865. The van der Waals surface area contributed by atoms with E-state index in [0.717, 1.165) is 17.8 Å². The molecular weight excluding hydrogens is 403 g/mol. The molecular formula is C12H9BrCl2N2O3S. The van der Waals surface area contributed by atoms with Crippen molar-refractivity contribution in [2.24, 2.45) is 0 Å². The Morgan fingerprint density at radius 1 is 1.19 bits per heavy atom. The van der Waals surface area contributed by atoms with Crippen molar-refractivity contribution in [2.45, 2.75) is 11.8 Å². The number of benzene rings is 1. The third-order valence-electron chi connectivity index (χ3n) is 2.63. The van der Waals surface area contributed by atoms with Crippen molar-refractivity contribution in [3.05, 3.63) is 54.8 Å². The van der Waals surface area contributed by atoms with Gasteiger partial charge in [-0.25, -0.2) is 8.42 Å². The lowest BCUT2D eigenvalue weighted by Gasteiger charge is -2.11. The first-order valence-electron chi connectivity index (χ1n) is 5.57. The third kappa shape index (κ3) is 3.60. The summed E-state index contributed by atoms with van der Waals surface area (Å²) < 4.78 is 27.4. The molecule has 0 unspecified atom stereocenters. The fraction of sp³-hybridized carbons (Fsp3) is 0.0833. The zero-order chi connectivity index (χ0) is 15.8. The molecule has 0 fully saturated rings. The van der Waals surface area contributed by atoms with Crippen LogP contribution in [0, 0.1) is 6.92 Å². The second-order valence-corrected chi connectivity index (χ2v) is 7.55. The van der Waals surface area contributed by atoms with Crippen LogP contribution in [0.4, 0.5) is 5.69 Å². The molecule has 9 heteroatoms. The van der Waals surface area contributed by atoms with Gasteiger partial charge in [0.05, 0.1) is 5.69 Å². The van der Waals surface area contributed by atoms with E-state index in [9.17, 15) is 13.2 Å². The zero-order valence-corrected chi connectivity index (χ0v) is 14.5. The minimum atomic E-state index is -3.90. The van der Waals surface area contributed by atoms with Crippen LogP contribution >= 0.6 is 39.1 Å². The highest BCUT2D eigenvalue weighted by Gasteiger charge is 2.18. The summed E-state index contributed by atoms with van der Waals surface area (Å²) in [5.74, 6) is 0. The summed E-state index contributed by atoms with van der Waals surface area (Å²) in [6, 6.07) is 4.26. The SMILES string of the molecule is Cc1cc(Br)c(NS(=O)(=O)c2c[nH]c(=O)c(Cl)c2)cc1Cl. The van der Waals surface area contributed by atoms with Crippen LogP contribution in [0.1, 0.15) is 5.56 Å². The van der Waals surface area contributed by atoms with Crippen LogP contribution in [0.3, 0.4) is 0 Å². The summed E-state index contributed by atoms with van der Waals surface area (Å²) >= 11 is 14.9. The summed E-state index contributed by atoms with van der Waals surface area (Å²) in [5.41, 5.74) is 0.529. The van der Waals surface area contributed by atoms with Gasteiger partial charge in [0.1, 0.15) is 9.92 Å². The molecule has 112 valence electrons. The molecule has 0 radical (unpaired) electrons. The molecule has 0 aliphatic rings. The van der Waals surface area contributed by atoms with Gasteiger partial charge in [-0.3, -0.25) is 9.52 Å². The van der Waals surface area contributed by atoms with Gasteiger partial charge in [0, 0.05) is 15.7 Å². The highest BCUT2D eigenvalue weighted by atomic mass is 79.9. The van der Waals surface area contributed by atoms with Crippen molar-refractivity contribution in [1.82, 2.24) is 4.98 Å². The molecule has 1 heterocycles. The molecule has 2 aromatic rings. The Kier molecular flexibility index (Phi) is 4.67. The van der Waals surface area contributed by atoms with E-state index in [4.69, 9.17) is 23.2 Å². The van der Waals surface area contributed by atoms with Crippen molar-refractivity contribution in [1.29, 1.82) is 0 Å². The minimum Gasteiger partial charge on any atom is -0.326 e. The van der Waals surface area contributed by atoms with E-state index in [2.05, 4.69) is 25.6 Å². The molecule has 0 bridgehead atoms. The predicted molar refractivity (Wildman–Crippen MR) is 86.8 cm³/mol. The summed E-state index contributed by atoms with van der Waals surface area (Å²) in [4.78, 5) is 13.3. The lowest BCUT2D eigenvalue weighted by atomic mass is 10.2. The van der Waals surface area contributed by atoms with Crippen LogP contribution in [0.15, 0.2) is 38.6 Å². The number of aromatic amines is 1. The second kappa shape index (κ2) is 6.00. The largest absolute Gasteiger partial charge is 0.326 e. The van der Waals surface area contributed by atoms with Gasteiger partial charge >= 0.3 is 0 Å². The number of rotatable bonds is 3. The number of sulfonamides is 1. The molecule has 0 aliphatic heterocycles. The molecule has 5 nitrogen and oxygen atoms in total. The van der Waals surface area contributed by atoms with Gasteiger partial charge in [0.25, 0.3) is 15.6 Å². The first-order valence-corrected chi connectivity index (χ1v) is 8.60. The van der Waals surface area contributed by atoms with E-state index < -0.39 is 15.6 Å². The average molecular weight is 412 g/mol. The number of hydrogen-bond acceptors (Lipinski definition) is 3. The lowest BCUT2D eigenvalue weighted by Crippen LogP contribution is -2.16. The number of anilines is 1. The van der Waals surface area contributed by atoms with Crippen LogP contribution in [-0.4, -0.2) is 13.4 Å². The Balaban J connectivity index is 2.44. The van der Waals surface area contributed by atoms with E-state index in [1.165, 1.54) is 6.07 Å². The maximum atomic E-state index is 12.3. The Morgan fingerprint density at radius 3 is 2.48 bits per heavy atom. The van der Waals surface area contributed by atoms with Crippen molar-refractivity contribution in [3.63, 3.8) is 0 Å². The van der Waals surface area contributed by atoms with Crippen LogP contribution in [-0.2, 0) is 10.0 Å². The van der Waals surface area contributed by atoms with Gasteiger partial charge in [-0.05, 0) is 46.6 Å². The molecule has 1 aromatic heterocycles. The molecule has 0 spiro atoms. The Morgan fingerprint density at radius 2 is 1.86 bits per heavy atom. The Hall–Kier alpha value is -1.02. The topological polar surface area (TPSA) is 79.0 Å². The van der Waals surface area contributed by atoms with Gasteiger partial charge in [-0.1, -0.05) is 23.2 Å². The number of aryl methyl sites for hydroxylation is 1. The number of aromatic nitrogens is 1. The summed E-state index contributed by atoms with van der Waals surface area (Å²) in [7, 11) is -3.90. The molecule has 0 atom stereocenters. The van der Waals surface area contributed by atoms with Gasteiger partial charge < -0.3 is 4.98 Å². The average Bonchev–Trinajstić information content (AvgIpc) is 2.39. The van der Waals surface area contributed by atoms with Gasteiger partial charge in [-0.2, -0.15) is 0 Å². The number of hydrogen-bond donors (Lipinski definition) is 2. The highest BCUT2D eigenvalue weighted by molar-refractivity contribution is 9.10. The molecule has 21 heavy (non-hydrogen) atoms. The summed E-state index contributed by atoms with van der Waals surface area (Å²) in [6.45, 7) is 1.80. The van der Waals surface area contributed by atoms with Gasteiger partial charge in [0.15, 0.2) is 0 Å². The number of pyridine rings is 1. The van der Waals surface area contributed by atoms with E-state index in [0.29, 0.717) is 9.50 Å². The predicted octanol–water partition coefficient (Wildman–Crippen LogP) is 3.55. The lowest BCUT2D eigenvalue weighted by molar-refractivity contribution is 0.600. The van der Waals surface area contributed by atoms with E-state index in [1.807, 2.05) is 0 Å². The smallest absolute Gasteiger partial charge is 0.266 e. The number of halogens is 3. The van der Waals surface area contributed by atoms with E-state index >= 15 is 0 Å². The number of nitrogens with one attached hydrogen (secondary N) is 2. The van der Waals surface area contributed by atoms with E-state index in [1.54, 1.807) is 13.0 Å². The monoisotopic (exact) mass is 410 g/mol. The maximum Gasteiger partial charge on any atom is 0.266 e. The molecule has 2 N–H and O–H groups in total. The third-order valence-corrected chi connectivity index (χ3v) is 5.32. The summed E-state index contributed by atoms with van der Waals surface area (Å²) in [6.07, 6.45) is 1.07. The zero-order valence-electron chi connectivity index (χ0n) is 10.6. The van der Waals surface area contributed by atoms with Gasteiger partial charge in [0.2, 0.25) is 0 Å². The molecule has 0 saturated carbocycles. The van der Waals surface area contributed by atoms with Gasteiger partial charge in [-0.15, -0.1) is 0 Å². The first-order chi connectivity index (χ1) is 9.70. The van der Waals surface area contributed by atoms with E-state index in [-0.39, 0.29) is 15.6 Å². The second-order valence-electron chi connectivity index (χ2n) is 4.20. The maximum absolute atomic E-state index is 12.3. The standard InChI is InChI=1S/C12H9BrCl2N2O3S/c1-6-2-8(13)11(4-9(6)14)17-21(19,20)7-3-10(15)12(18)16-5-7/h2-5,17H,1H3,(H,16,18). The molecule has 0 saturated heterocycles. The van der Waals surface area contributed by atoms with Crippen LogP contribution in [0.2, 0.25) is 10.0 Å². The molecule has 2 rings (SSSR count). The van der Waals surface area contributed by atoms with Crippen LogP contribution < -0.4 is 10.3 Å². The minimum absolute atomic E-state index is 0.157. The fourth-order valence-electron chi connectivity index (χ4n) is 1.52. The normalized spacial score (nSPS) is 11.4. The highest BCUT2D eigenvalue weighted by Crippen LogP contribution is 2.30. The van der Waals surface area contributed by atoms with Crippen molar-refractivity contribution in [2.75, 3.05) is 4.72 Å². The van der Waals surface area contributed by atoms with Crippen molar-refractivity contribution >= 4 is 54.8 Å². The van der Waals surface area contributed by atoms with Crippen molar-refractivity contribution < 1.29 is 8.42 Å². The quantitative estimate of drug-likeness (QED) is 0.810. The number of H-pyrrole nitrogens is 1. The molecule has 1 aromatic carbocycles. The molecule has 0 aliphatic carbocycles. The van der Waals surface area contributed by atoms with Crippen LogP contribution in [0.25, 0.3) is 0 Å². The fourth-order valence-corrected chi connectivity index (χ4v) is 3.67. The first kappa shape index (κ1) is 16.4. The Labute approximate surface area is 139 Å². The van der Waals surface area contributed by atoms with Crippen LogP contribution in [0.5, 0.6) is 0 Å². The summed E-state index contributed by atoms with van der Waals surface area (Å²) in [5, 5.41) is 0.217.